The summed E-state index contributed by atoms with van der Waals surface area (Å²) in [5.41, 5.74) is 0.658. The van der Waals surface area contributed by atoms with Crippen molar-refractivity contribution in [1.82, 2.24) is 4.90 Å². The number of hydrogen-bond acceptors (Lipinski definition) is 4. The number of ether oxygens (including phenoxy) is 3. The van der Waals surface area contributed by atoms with Crippen LogP contribution in [0.25, 0.3) is 0 Å². The predicted octanol–water partition coefficient (Wildman–Crippen LogP) is 5.54. The molecule has 5 nitrogen and oxygen atoms in total. The minimum absolute atomic E-state index is 0.181. The van der Waals surface area contributed by atoms with Gasteiger partial charge in [-0.25, -0.2) is 4.79 Å². The first kappa shape index (κ1) is 20.7. The number of carbonyl (C=O) groups is 1. The second kappa shape index (κ2) is 8.95. The Morgan fingerprint density at radius 2 is 1.93 bits per heavy atom. The maximum atomic E-state index is 12.6. The van der Waals surface area contributed by atoms with Gasteiger partial charge in [0, 0.05) is 25.1 Å². The molecular weight excluding hydrogens is 342 g/mol. The van der Waals surface area contributed by atoms with Gasteiger partial charge in [-0.05, 0) is 65.7 Å². The molecule has 5 heteroatoms. The van der Waals surface area contributed by atoms with Crippen LogP contribution in [0, 0.1) is 0 Å². The van der Waals surface area contributed by atoms with E-state index in [1.807, 2.05) is 25.7 Å². The number of hydrogen-bond donors (Lipinski definition) is 0. The van der Waals surface area contributed by atoms with Gasteiger partial charge in [0.1, 0.15) is 5.60 Å². The SMILES string of the molecule is CC(C)(C)OC(=O)N1CCCCC/C1=C\CC[C@H]1COC2(CCCCC2)O1. The monoisotopic (exact) mass is 379 g/mol. The van der Waals surface area contributed by atoms with Gasteiger partial charge in [0.15, 0.2) is 5.79 Å². The molecule has 0 aromatic carbocycles. The van der Waals surface area contributed by atoms with Crippen LogP contribution in [0.2, 0.25) is 0 Å². The fourth-order valence-electron chi connectivity index (χ4n) is 4.32. The second-order valence-electron chi connectivity index (χ2n) is 9.24. The smallest absolute Gasteiger partial charge is 0.414 e. The van der Waals surface area contributed by atoms with Crippen molar-refractivity contribution in [1.29, 1.82) is 0 Å². The third-order valence-corrected chi connectivity index (χ3v) is 5.67. The molecule has 2 aliphatic heterocycles. The van der Waals surface area contributed by atoms with E-state index in [0.29, 0.717) is 6.61 Å². The first-order valence-electron chi connectivity index (χ1n) is 10.9. The van der Waals surface area contributed by atoms with Gasteiger partial charge in [-0.3, -0.25) is 4.90 Å². The zero-order chi connectivity index (χ0) is 19.3. The molecule has 27 heavy (non-hydrogen) atoms. The molecule has 3 fully saturated rings. The normalized spacial score (nSPS) is 27.7. The van der Waals surface area contributed by atoms with Crippen molar-refractivity contribution in [3.63, 3.8) is 0 Å². The van der Waals surface area contributed by atoms with Gasteiger partial charge in [-0.2, -0.15) is 0 Å². The Morgan fingerprint density at radius 3 is 2.67 bits per heavy atom. The Hall–Kier alpha value is -1.07. The van der Waals surface area contributed by atoms with E-state index in [2.05, 4.69) is 6.08 Å². The average Bonchev–Trinajstić information content (AvgIpc) is 2.83. The fraction of sp³-hybridized carbons (Fsp3) is 0.864. The Labute approximate surface area is 164 Å². The summed E-state index contributed by atoms with van der Waals surface area (Å²) < 4.78 is 18.0. The summed E-state index contributed by atoms with van der Waals surface area (Å²) >= 11 is 0. The van der Waals surface area contributed by atoms with E-state index in [1.54, 1.807) is 0 Å². The lowest BCUT2D eigenvalue weighted by molar-refractivity contribution is -0.187. The average molecular weight is 380 g/mol. The summed E-state index contributed by atoms with van der Waals surface area (Å²) in [6.45, 7) is 7.23. The van der Waals surface area contributed by atoms with Crippen LogP contribution >= 0.6 is 0 Å². The molecule has 0 unspecified atom stereocenters. The van der Waals surface area contributed by atoms with Gasteiger partial charge in [-0.15, -0.1) is 0 Å². The topological polar surface area (TPSA) is 48.0 Å². The van der Waals surface area contributed by atoms with E-state index in [0.717, 1.165) is 57.2 Å². The number of likely N-dealkylation sites (tertiary alicyclic amines) is 1. The Morgan fingerprint density at radius 1 is 1.19 bits per heavy atom. The Balaban J connectivity index is 1.54. The van der Waals surface area contributed by atoms with Crippen molar-refractivity contribution >= 4 is 6.09 Å². The lowest BCUT2D eigenvalue weighted by atomic mass is 9.94. The third-order valence-electron chi connectivity index (χ3n) is 5.67. The highest BCUT2D eigenvalue weighted by Crippen LogP contribution is 2.38. The van der Waals surface area contributed by atoms with Gasteiger partial charge in [0.2, 0.25) is 0 Å². The lowest BCUT2D eigenvalue weighted by Crippen LogP contribution is -2.36. The Bertz CT molecular complexity index is 531. The summed E-state index contributed by atoms with van der Waals surface area (Å²) in [6.07, 6.45) is 14.2. The number of carbonyl (C=O) groups excluding carboxylic acids is 1. The van der Waals surface area contributed by atoms with Gasteiger partial charge >= 0.3 is 6.09 Å². The van der Waals surface area contributed by atoms with Crippen LogP contribution in [0.15, 0.2) is 11.8 Å². The highest BCUT2D eigenvalue weighted by Gasteiger charge is 2.41. The van der Waals surface area contributed by atoms with E-state index in [4.69, 9.17) is 14.2 Å². The summed E-state index contributed by atoms with van der Waals surface area (Å²) in [6, 6.07) is 0. The lowest BCUT2D eigenvalue weighted by Gasteiger charge is -2.31. The minimum atomic E-state index is -0.460. The van der Waals surface area contributed by atoms with E-state index in [-0.39, 0.29) is 18.0 Å². The molecule has 0 radical (unpaired) electrons. The van der Waals surface area contributed by atoms with Crippen LogP contribution < -0.4 is 0 Å². The Kier molecular flexibility index (Phi) is 6.85. The van der Waals surface area contributed by atoms with E-state index < -0.39 is 5.60 Å². The predicted molar refractivity (Wildman–Crippen MR) is 105 cm³/mol. The van der Waals surface area contributed by atoms with Crippen LogP contribution in [0.4, 0.5) is 4.79 Å². The fourth-order valence-corrected chi connectivity index (χ4v) is 4.32. The molecule has 0 bridgehead atoms. The number of allylic oxidation sites excluding steroid dienone is 2. The maximum Gasteiger partial charge on any atom is 0.414 e. The number of rotatable bonds is 3. The molecule has 2 saturated heterocycles. The molecule has 1 aliphatic carbocycles. The molecule has 1 atom stereocenters. The molecule has 1 amide bonds. The van der Waals surface area contributed by atoms with Crippen LogP contribution in [-0.4, -0.2) is 41.6 Å². The van der Waals surface area contributed by atoms with Crippen LogP contribution in [0.5, 0.6) is 0 Å². The molecule has 0 N–H and O–H groups in total. The first-order chi connectivity index (χ1) is 12.9. The molecule has 0 aromatic rings. The van der Waals surface area contributed by atoms with Crippen molar-refractivity contribution < 1.29 is 19.0 Å². The van der Waals surface area contributed by atoms with Gasteiger partial charge in [0.05, 0.1) is 12.7 Å². The molecule has 3 rings (SSSR count). The van der Waals surface area contributed by atoms with E-state index >= 15 is 0 Å². The highest BCUT2D eigenvalue weighted by molar-refractivity contribution is 5.70. The molecule has 0 aromatic heterocycles. The van der Waals surface area contributed by atoms with Crippen molar-refractivity contribution in [2.45, 2.75) is 109 Å². The van der Waals surface area contributed by atoms with Gasteiger partial charge < -0.3 is 14.2 Å². The summed E-state index contributed by atoms with van der Waals surface area (Å²) in [5.74, 6) is -0.291. The molecular formula is C22H37NO4. The molecule has 2 heterocycles. The van der Waals surface area contributed by atoms with E-state index in [1.165, 1.54) is 25.7 Å². The molecule has 1 spiro atoms. The summed E-state index contributed by atoms with van der Waals surface area (Å²) in [4.78, 5) is 14.5. The van der Waals surface area contributed by atoms with E-state index in [9.17, 15) is 4.79 Å². The minimum Gasteiger partial charge on any atom is -0.443 e. The van der Waals surface area contributed by atoms with Gasteiger partial charge in [0.25, 0.3) is 0 Å². The largest absolute Gasteiger partial charge is 0.443 e. The molecule has 1 saturated carbocycles. The van der Waals surface area contributed by atoms with Gasteiger partial charge in [-0.1, -0.05) is 18.9 Å². The highest BCUT2D eigenvalue weighted by atomic mass is 16.7. The first-order valence-corrected chi connectivity index (χ1v) is 10.9. The maximum absolute atomic E-state index is 12.6. The second-order valence-corrected chi connectivity index (χ2v) is 9.24. The van der Waals surface area contributed by atoms with Crippen molar-refractivity contribution in [2.24, 2.45) is 0 Å². The standard InChI is InChI=1S/C22H37NO4/c1-21(2,3)27-20(24)23-16-9-4-6-11-18(23)12-10-13-19-17-25-22(26-19)14-7-5-8-15-22/h12,19H,4-11,13-17H2,1-3H3/b18-12+/t19-/m0/s1. The van der Waals surface area contributed by atoms with Crippen molar-refractivity contribution in [3.05, 3.63) is 11.8 Å². The van der Waals surface area contributed by atoms with Crippen LogP contribution in [0.1, 0.15) is 91.4 Å². The van der Waals surface area contributed by atoms with Crippen LogP contribution in [0.3, 0.4) is 0 Å². The number of nitrogens with zero attached hydrogens (tertiary/aromatic N) is 1. The quantitative estimate of drug-likeness (QED) is 0.646. The van der Waals surface area contributed by atoms with Crippen molar-refractivity contribution in [2.75, 3.05) is 13.2 Å². The molecule has 3 aliphatic rings. The molecule has 154 valence electrons. The summed E-state index contributed by atoms with van der Waals surface area (Å²) in [7, 11) is 0. The zero-order valence-electron chi connectivity index (χ0n) is 17.4. The van der Waals surface area contributed by atoms with Crippen molar-refractivity contribution in [3.8, 4) is 0 Å². The van der Waals surface area contributed by atoms with Crippen LogP contribution in [-0.2, 0) is 14.2 Å². The summed E-state index contributed by atoms with van der Waals surface area (Å²) in [5, 5.41) is 0. The zero-order valence-corrected chi connectivity index (χ0v) is 17.4. The third kappa shape index (κ3) is 5.95. The number of amides is 1.